The smallest absolute Gasteiger partial charge is 0.0625 e. The van der Waals surface area contributed by atoms with Crippen LogP contribution in [0.5, 0.6) is 0 Å². The van der Waals surface area contributed by atoms with Crippen molar-refractivity contribution < 1.29 is 0 Å². The third-order valence-corrected chi connectivity index (χ3v) is 13.4. The van der Waals surface area contributed by atoms with Crippen molar-refractivity contribution in [2.45, 2.75) is 19.3 Å². The van der Waals surface area contributed by atoms with E-state index in [1.807, 2.05) is 0 Å². The van der Waals surface area contributed by atoms with Crippen molar-refractivity contribution in [1.29, 1.82) is 0 Å². The van der Waals surface area contributed by atoms with Crippen LogP contribution >= 0.6 is 0 Å². The maximum Gasteiger partial charge on any atom is 0.0625 e. The van der Waals surface area contributed by atoms with Crippen LogP contribution in [-0.4, -0.2) is 4.57 Å². The molecule has 0 saturated heterocycles. The summed E-state index contributed by atoms with van der Waals surface area (Å²) >= 11 is 0. The number of aromatic nitrogens is 1. The van der Waals surface area contributed by atoms with Gasteiger partial charge in [0.15, 0.2) is 0 Å². The number of anilines is 3. The largest absolute Gasteiger partial charge is 0.310 e. The molecule has 1 aromatic heterocycles. The maximum atomic E-state index is 2.49. The summed E-state index contributed by atoms with van der Waals surface area (Å²) in [5.74, 6) is 0. The average molecular weight is 805 g/mol. The molecule has 0 N–H and O–H groups in total. The van der Waals surface area contributed by atoms with Crippen molar-refractivity contribution in [3.05, 3.63) is 242 Å². The number of hydrogen-bond donors (Lipinski definition) is 0. The van der Waals surface area contributed by atoms with Crippen LogP contribution in [0.1, 0.15) is 25.0 Å². The Kier molecular flexibility index (Phi) is 8.55. The molecule has 1 heterocycles. The molecule has 1 aliphatic carbocycles. The topological polar surface area (TPSA) is 8.17 Å². The van der Waals surface area contributed by atoms with Gasteiger partial charge in [-0.25, -0.2) is 0 Å². The molecule has 10 aromatic carbocycles. The lowest BCUT2D eigenvalue weighted by Gasteiger charge is -2.28. The van der Waals surface area contributed by atoms with Gasteiger partial charge in [0.05, 0.1) is 11.0 Å². The summed E-state index contributed by atoms with van der Waals surface area (Å²) < 4.78 is 2.49. The first-order valence-electron chi connectivity index (χ1n) is 21.9. The number of para-hydroxylation sites is 1. The van der Waals surface area contributed by atoms with Crippen molar-refractivity contribution in [3.63, 3.8) is 0 Å². The number of rotatable bonds is 7. The van der Waals surface area contributed by atoms with Crippen molar-refractivity contribution >= 4 is 49.6 Å². The second-order valence-electron chi connectivity index (χ2n) is 17.3. The second-order valence-corrected chi connectivity index (χ2v) is 17.3. The van der Waals surface area contributed by atoms with Gasteiger partial charge in [-0.2, -0.15) is 0 Å². The molecule has 63 heavy (non-hydrogen) atoms. The SMILES string of the molecule is CC1(C)c2ccccc2-c2ccc(N(c3ccccc3)c3ccc(-c4cc5ccccc5c5c4c4cc(-c6ccccc6)ccc4n5-c4ccc(-c5ccccc5)cc4)cc3)cc21. The van der Waals surface area contributed by atoms with Gasteiger partial charge in [-0.1, -0.05) is 178 Å². The Morgan fingerprint density at radius 3 is 1.67 bits per heavy atom. The van der Waals surface area contributed by atoms with E-state index in [-0.39, 0.29) is 5.41 Å². The minimum atomic E-state index is -0.0981. The molecule has 2 heteroatoms. The fourth-order valence-corrected chi connectivity index (χ4v) is 10.3. The highest BCUT2D eigenvalue weighted by molar-refractivity contribution is 6.24. The van der Waals surface area contributed by atoms with Crippen molar-refractivity contribution in [3.8, 4) is 50.2 Å². The fourth-order valence-electron chi connectivity index (χ4n) is 10.3. The zero-order chi connectivity index (χ0) is 42.1. The molecule has 0 fully saturated rings. The molecular formula is C61H44N2. The van der Waals surface area contributed by atoms with E-state index in [1.54, 1.807) is 0 Å². The van der Waals surface area contributed by atoms with Gasteiger partial charge in [0, 0.05) is 44.3 Å². The fraction of sp³-hybridized carbons (Fsp3) is 0.0492. The molecular weight excluding hydrogens is 761 g/mol. The predicted molar refractivity (Wildman–Crippen MR) is 267 cm³/mol. The van der Waals surface area contributed by atoms with E-state index in [0.29, 0.717) is 0 Å². The number of hydrogen-bond acceptors (Lipinski definition) is 1. The zero-order valence-corrected chi connectivity index (χ0v) is 35.3. The molecule has 0 saturated carbocycles. The highest BCUT2D eigenvalue weighted by Crippen LogP contribution is 2.51. The Labute approximate surface area is 368 Å². The summed E-state index contributed by atoms with van der Waals surface area (Å²) in [5, 5.41) is 4.93. The third kappa shape index (κ3) is 6.02. The van der Waals surface area contributed by atoms with Gasteiger partial charge in [-0.3, -0.25) is 0 Å². The Balaban J connectivity index is 1.05. The van der Waals surface area contributed by atoms with Gasteiger partial charge in [-0.15, -0.1) is 0 Å². The zero-order valence-electron chi connectivity index (χ0n) is 35.3. The van der Waals surface area contributed by atoms with E-state index in [4.69, 9.17) is 0 Å². The highest BCUT2D eigenvalue weighted by Gasteiger charge is 2.35. The van der Waals surface area contributed by atoms with Crippen LogP contribution < -0.4 is 4.90 Å². The van der Waals surface area contributed by atoms with Crippen LogP contribution in [0.25, 0.3) is 82.8 Å². The summed E-state index contributed by atoms with van der Waals surface area (Å²) in [4.78, 5) is 2.40. The van der Waals surface area contributed by atoms with Crippen LogP contribution in [0.15, 0.2) is 231 Å². The van der Waals surface area contributed by atoms with Crippen LogP contribution in [0, 0.1) is 0 Å². The van der Waals surface area contributed by atoms with Crippen LogP contribution in [0.3, 0.4) is 0 Å². The minimum absolute atomic E-state index is 0.0981. The van der Waals surface area contributed by atoms with Gasteiger partial charge < -0.3 is 9.47 Å². The van der Waals surface area contributed by atoms with Gasteiger partial charge >= 0.3 is 0 Å². The van der Waals surface area contributed by atoms with E-state index >= 15 is 0 Å². The molecule has 12 rings (SSSR count). The molecule has 0 spiro atoms. The summed E-state index contributed by atoms with van der Waals surface area (Å²) in [6.45, 7) is 4.71. The first kappa shape index (κ1) is 36.9. The van der Waals surface area contributed by atoms with E-state index in [9.17, 15) is 0 Å². The number of fused-ring (bicyclic) bond motifs is 8. The standard InChI is InChI=1S/C61H44N2/c1-61(2)56-25-15-14-24-52(56)53-36-35-50(40-57(53)61)62(47-21-10-5-11-22-47)48-33-28-44(29-34-48)54-39-46-20-12-13-23-51(46)60-59(54)55-38-45(42-18-8-4-9-19-42)30-37-58(55)63(60)49-31-26-43(27-32-49)41-16-6-3-7-17-41/h3-40H,1-2H3. The van der Waals surface area contributed by atoms with Crippen molar-refractivity contribution in [2.24, 2.45) is 0 Å². The van der Waals surface area contributed by atoms with Gasteiger partial charge in [0.25, 0.3) is 0 Å². The molecule has 1 aliphatic rings. The summed E-state index contributed by atoms with van der Waals surface area (Å²) in [7, 11) is 0. The Morgan fingerprint density at radius 2 is 0.921 bits per heavy atom. The third-order valence-electron chi connectivity index (χ3n) is 13.4. The quantitative estimate of drug-likeness (QED) is 0.156. The number of benzene rings is 10. The van der Waals surface area contributed by atoms with Crippen molar-refractivity contribution in [1.82, 2.24) is 4.57 Å². The number of nitrogens with zero attached hydrogens (tertiary/aromatic N) is 2. The monoisotopic (exact) mass is 804 g/mol. The molecule has 0 atom stereocenters. The van der Waals surface area contributed by atoms with Gasteiger partial charge in [0.2, 0.25) is 0 Å². The van der Waals surface area contributed by atoms with Crippen LogP contribution in [0.2, 0.25) is 0 Å². The van der Waals surface area contributed by atoms with E-state index in [2.05, 4.69) is 254 Å². The van der Waals surface area contributed by atoms with Crippen LogP contribution in [-0.2, 0) is 5.41 Å². The lowest BCUT2D eigenvalue weighted by molar-refractivity contribution is 0.660. The predicted octanol–water partition coefficient (Wildman–Crippen LogP) is 16.7. The van der Waals surface area contributed by atoms with E-state index in [0.717, 1.165) is 22.7 Å². The molecule has 0 bridgehead atoms. The first-order chi connectivity index (χ1) is 31.0. The summed E-state index contributed by atoms with van der Waals surface area (Å²) in [6, 6.07) is 84.6. The lowest BCUT2D eigenvalue weighted by Crippen LogP contribution is -2.16. The summed E-state index contributed by atoms with van der Waals surface area (Å²) in [6.07, 6.45) is 0. The van der Waals surface area contributed by atoms with Crippen LogP contribution in [0.4, 0.5) is 17.1 Å². The van der Waals surface area contributed by atoms with Crippen molar-refractivity contribution in [2.75, 3.05) is 4.90 Å². The lowest BCUT2D eigenvalue weighted by atomic mass is 9.82. The Bertz CT molecular complexity index is 3490. The Hall–Kier alpha value is -7.94. The molecule has 298 valence electrons. The molecule has 0 radical (unpaired) electrons. The average Bonchev–Trinajstić information content (AvgIpc) is 3.81. The molecule has 0 amide bonds. The van der Waals surface area contributed by atoms with E-state index in [1.165, 1.54) is 88.2 Å². The minimum Gasteiger partial charge on any atom is -0.310 e. The first-order valence-corrected chi connectivity index (χ1v) is 21.9. The Morgan fingerprint density at radius 1 is 0.365 bits per heavy atom. The molecule has 11 aromatic rings. The molecule has 0 aliphatic heterocycles. The van der Waals surface area contributed by atoms with E-state index < -0.39 is 0 Å². The normalized spacial score (nSPS) is 12.7. The highest BCUT2D eigenvalue weighted by atomic mass is 15.1. The molecule has 0 unspecified atom stereocenters. The molecule has 2 nitrogen and oxygen atoms in total. The van der Waals surface area contributed by atoms with Gasteiger partial charge in [-0.05, 0) is 128 Å². The maximum absolute atomic E-state index is 2.49. The second kappa shape index (κ2) is 14.6. The summed E-state index contributed by atoms with van der Waals surface area (Å²) in [5.41, 5.74) is 19.5. The van der Waals surface area contributed by atoms with Gasteiger partial charge in [0.1, 0.15) is 0 Å².